The van der Waals surface area contributed by atoms with Gasteiger partial charge in [0.05, 0.1) is 6.42 Å². The predicted molar refractivity (Wildman–Crippen MR) is 125 cm³/mol. The van der Waals surface area contributed by atoms with Gasteiger partial charge in [0.15, 0.2) is 0 Å². The van der Waals surface area contributed by atoms with E-state index < -0.39 is 0 Å². The fourth-order valence-corrected chi connectivity index (χ4v) is 4.35. The van der Waals surface area contributed by atoms with Crippen LogP contribution in [0.15, 0.2) is 37.0 Å². The summed E-state index contributed by atoms with van der Waals surface area (Å²) in [6, 6.07) is 8.36. The van der Waals surface area contributed by atoms with Crippen LogP contribution in [0.1, 0.15) is 37.8 Å². The average Bonchev–Trinajstić information content (AvgIpc) is 3.10. The first-order chi connectivity index (χ1) is 15.0. The van der Waals surface area contributed by atoms with E-state index in [1.54, 1.807) is 6.20 Å². The molecule has 1 N–H and O–H groups in total. The lowest BCUT2D eigenvalue weighted by molar-refractivity contribution is -0.117. The number of piperazine rings is 1. The van der Waals surface area contributed by atoms with Gasteiger partial charge in [-0.2, -0.15) is 4.98 Å². The zero-order chi connectivity index (χ0) is 22.0. The number of carbonyl (C=O) groups is 1. The summed E-state index contributed by atoms with van der Waals surface area (Å²) >= 11 is 0. The zero-order valence-corrected chi connectivity index (χ0v) is 18.8. The summed E-state index contributed by atoms with van der Waals surface area (Å²) in [6.07, 6.45) is 3.97. The van der Waals surface area contributed by atoms with Gasteiger partial charge in [0, 0.05) is 55.4 Å². The molecule has 1 fully saturated rings. The second-order valence-corrected chi connectivity index (χ2v) is 8.40. The van der Waals surface area contributed by atoms with Crippen LogP contribution in [0.5, 0.6) is 0 Å². The number of aromatic nitrogens is 2. The first-order valence-corrected chi connectivity index (χ1v) is 11.2. The Balaban J connectivity index is 1.52. The first-order valence-electron chi connectivity index (χ1n) is 11.2. The molecular formula is C24H32N6O. The van der Waals surface area contributed by atoms with Gasteiger partial charge < -0.3 is 15.1 Å². The maximum Gasteiger partial charge on any atom is 0.233 e. The highest BCUT2D eigenvalue weighted by Crippen LogP contribution is 2.31. The third kappa shape index (κ3) is 4.42. The fourth-order valence-electron chi connectivity index (χ4n) is 4.35. The van der Waals surface area contributed by atoms with Crippen molar-refractivity contribution < 1.29 is 4.79 Å². The van der Waals surface area contributed by atoms with E-state index in [0.29, 0.717) is 12.4 Å². The molecule has 7 nitrogen and oxygen atoms in total. The molecule has 7 heteroatoms. The number of nitrogens with zero attached hydrogens (tertiary/aromatic N) is 5. The number of amides is 1. The molecule has 0 radical (unpaired) electrons. The Kier molecular flexibility index (Phi) is 6.23. The van der Waals surface area contributed by atoms with E-state index in [1.807, 2.05) is 17.0 Å². The molecule has 0 spiro atoms. The first kappa shape index (κ1) is 21.3. The smallest absolute Gasteiger partial charge is 0.233 e. The number of benzene rings is 1. The monoisotopic (exact) mass is 420 g/mol. The second kappa shape index (κ2) is 9.06. The van der Waals surface area contributed by atoms with E-state index in [9.17, 15) is 4.79 Å². The van der Waals surface area contributed by atoms with E-state index in [2.05, 4.69) is 59.7 Å². The maximum absolute atomic E-state index is 12.6. The summed E-state index contributed by atoms with van der Waals surface area (Å²) in [5.74, 6) is 1.36. The number of hydrogen-bond donors (Lipinski definition) is 1. The van der Waals surface area contributed by atoms with Crippen molar-refractivity contribution >= 4 is 29.1 Å². The normalized spacial score (nSPS) is 16.7. The molecule has 4 rings (SSSR count). The number of anilines is 3. The van der Waals surface area contributed by atoms with Crippen LogP contribution in [0.4, 0.5) is 17.5 Å². The third-order valence-corrected chi connectivity index (χ3v) is 6.32. The lowest BCUT2D eigenvalue weighted by Crippen LogP contribution is -2.43. The highest BCUT2D eigenvalue weighted by Gasteiger charge is 2.33. The highest BCUT2D eigenvalue weighted by atomic mass is 16.2. The highest BCUT2D eigenvalue weighted by molar-refractivity contribution is 6.00. The molecule has 0 unspecified atom stereocenters. The molecule has 1 aromatic carbocycles. The van der Waals surface area contributed by atoms with Crippen molar-refractivity contribution in [1.29, 1.82) is 0 Å². The molecule has 0 aliphatic carbocycles. The molecule has 31 heavy (non-hydrogen) atoms. The van der Waals surface area contributed by atoms with Crippen LogP contribution in [0.2, 0.25) is 0 Å². The third-order valence-electron chi connectivity index (χ3n) is 6.32. The Morgan fingerprint density at radius 2 is 1.94 bits per heavy atom. The molecule has 164 valence electrons. The molecule has 2 aromatic rings. The van der Waals surface area contributed by atoms with E-state index in [-0.39, 0.29) is 11.9 Å². The van der Waals surface area contributed by atoms with Crippen LogP contribution in [0.25, 0.3) is 5.70 Å². The van der Waals surface area contributed by atoms with Gasteiger partial charge in [-0.15, -0.1) is 0 Å². The minimum atomic E-state index is 0.112. The minimum absolute atomic E-state index is 0.112. The maximum atomic E-state index is 12.6. The molecule has 2 aliphatic heterocycles. The number of likely N-dealkylation sites (N-methyl/N-ethyl adjacent to an activating group) is 1. The Hall–Kier alpha value is -2.93. The van der Waals surface area contributed by atoms with Crippen LogP contribution in [0, 0.1) is 0 Å². The van der Waals surface area contributed by atoms with E-state index in [4.69, 9.17) is 4.98 Å². The summed E-state index contributed by atoms with van der Waals surface area (Å²) in [7, 11) is 2.15. The van der Waals surface area contributed by atoms with Crippen LogP contribution >= 0.6 is 0 Å². The Bertz CT molecular complexity index is 962. The number of nitrogens with one attached hydrogen (secondary N) is 1. The van der Waals surface area contributed by atoms with Gasteiger partial charge in [-0.3, -0.25) is 9.69 Å². The van der Waals surface area contributed by atoms with E-state index in [1.165, 1.54) is 0 Å². The molecule has 1 amide bonds. The van der Waals surface area contributed by atoms with E-state index in [0.717, 1.165) is 67.3 Å². The van der Waals surface area contributed by atoms with Crippen molar-refractivity contribution in [1.82, 2.24) is 19.8 Å². The van der Waals surface area contributed by atoms with Crippen LogP contribution in [-0.4, -0.2) is 64.9 Å². The van der Waals surface area contributed by atoms with Gasteiger partial charge in [0.25, 0.3) is 0 Å². The van der Waals surface area contributed by atoms with Crippen LogP contribution in [0.3, 0.4) is 0 Å². The second-order valence-electron chi connectivity index (χ2n) is 8.40. The van der Waals surface area contributed by atoms with Gasteiger partial charge in [0.1, 0.15) is 5.82 Å². The average molecular weight is 421 g/mol. The van der Waals surface area contributed by atoms with Gasteiger partial charge in [-0.05, 0) is 37.6 Å². The van der Waals surface area contributed by atoms with Crippen molar-refractivity contribution in [3.63, 3.8) is 0 Å². The molecule has 1 aromatic heterocycles. The summed E-state index contributed by atoms with van der Waals surface area (Å²) < 4.78 is 0. The summed E-state index contributed by atoms with van der Waals surface area (Å²) in [5, 5.41) is 3.32. The van der Waals surface area contributed by atoms with Gasteiger partial charge >= 0.3 is 0 Å². The minimum Gasteiger partial charge on any atom is -0.369 e. The number of hydrogen-bond acceptors (Lipinski definition) is 6. The largest absolute Gasteiger partial charge is 0.369 e. The van der Waals surface area contributed by atoms with E-state index >= 15 is 0 Å². The summed E-state index contributed by atoms with van der Waals surface area (Å²) in [4.78, 5) is 28.3. The zero-order valence-electron chi connectivity index (χ0n) is 18.8. The lowest BCUT2D eigenvalue weighted by Gasteiger charge is -2.35. The summed E-state index contributed by atoms with van der Waals surface area (Å²) in [6.45, 7) is 12.6. The molecule has 0 saturated carbocycles. The van der Waals surface area contributed by atoms with Gasteiger partial charge in [-0.25, -0.2) is 4.98 Å². The Morgan fingerprint density at radius 3 is 2.65 bits per heavy atom. The molecule has 2 aliphatic rings. The SMILES string of the molecule is C=C(c1cccc(Nc2ncc3c(n2)N(C(CC)CC)C(=O)C3)c1)N1CCN(C)CC1. The molecule has 0 atom stereocenters. The van der Waals surface area contributed by atoms with Crippen molar-refractivity contribution in [3.8, 4) is 0 Å². The topological polar surface area (TPSA) is 64.6 Å². The van der Waals surface area contributed by atoms with Crippen molar-refractivity contribution in [3.05, 3.63) is 48.2 Å². The van der Waals surface area contributed by atoms with Crippen molar-refractivity contribution in [2.75, 3.05) is 43.4 Å². The summed E-state index contributed by atoms with van der Waals surface area (Å²) in [5.41, 5.74) is 3.94. The van der Waals surface area contributed by atoms with Gasteiger partial charge in [0.2, 0.25) is 11.9 Å². The quantitative estimate of drug-likeness (QED) is 0.739. The van der Waals surface area contributed by atoms with Crippen LogP contribution < -0.4 is 10.2 Å². The van der Waals surface area contributed by atoms with Crippen molar-refractivity contribution in [2.45, 2.75) is 39.2 Å². The number of rotatable bonds is 7. The lowest BCUT2D eigenvalue weighted by atomic mass is 10.1. The predicted octanol–water partition coefficient (Wildman–Crippen LogP) is 3.52. The van der Waals surface area contributed by atoms with Crippen molar-refractivity contribution in [2.24, 2.45) is 0 Å². The fraction of sp³-hybridized carbons (Fsp3) is 0.458. The number of fused-ring (bicyclic) bond motifs is 1. The van der Waals surface area contributed by atoms with Crippen LogP contribution in [-0.2, 0) is 11.2 Å². The molecule has 1 saturated heterocycles. The molecule has 0 bridgehead atoms. The molecular weight excluding hydrogens is 388 g/mol. The Morgan fingerprint density at radius 1 is 1.19 bits per heavy atom. The van der Waals surface area contributed by atoms with Gasteiger partial charge in [-0.1, -0.05) is 32.6 Å². The standard InChI is InChI=1S/C24H32N6O/c1-5-21(6-2)30-22(31)15-19-16-25-24(27-23(19)30)26-20-9-7-8-18(14-20)17(3)29-12-10-28(4)11-13-29/h7-9,14,16,21H,3,5-6,10-13,15H2,1-2,4H3,(H,25,26,27). The Labute approximate surface area is 184 Å². The number of carbonyl (C=O) groups excluding carboxylic acids is 1. The molecule has 3 heterocycles.